The molecule has 7 unspecified atom stereocenters. The first-order valence-corrected chi connectivity index (χ1v) is 26.1. The summed E-state index contributed by atoms with van der Waals surface area (Å²) < 4.78 is 12.4. The molecule has 3 aromatic rings. The van der Waals surface area contributed by atoms with Crippen LogP contribution in [0.2, 0.25) is 0 Å². The lowest BCUT2D eigenvalue weighted by molar-refractivity contribution is 0.0383. The van der Waals surface area contributed by atoms with E-state index in [2.05, 4.69) is 111 Å². The number of fused-ring (bicyclic) bond motifs is 3. The standard InChI is InChI=1S/C52H70N10O3S/c1-5-7-38-26-42(15-12-39(38)30-53)65-41-16-13-40(14-17-41)55-50(63)43-18-19-45(59-58-43)61-22-6-20-52(31-61)28-36(29-52)25-35-8-10-37(11-9-35)48-47-32(2)24-33(3)66-51(47)62-34(4)57-60-49(62)44(56-48)27-46-54-21-23-64-46/h8-12,15,18-19,26,32-34,36,40-41,44,46-47,49,51,54,57,60H,5-7,13-14,16-17,20-25,27-29,31H2,1-4H3,(H,55,63)/t32?,33?,34?,36?,40?,41?,44-,46?,47?,49?,51?,52?/m0/s1. The number of hydrogen-bond donors (Lipinski definition) is 4. The van der Waals surface area contributed by atoms with E-state index in [1.807, 2.05) is 30.3 Å². The summed E-state index contributed by atoms with van der Waals surface area (Å²) >= 11 is 2.13. The molecule has 1 spiro atoms. The first-order chi connectivity index (χ1) is 32.1. The Morgan fingerprint density at radius 1 is 1.05 bits per heavy atom. The molecule has 6 heterocycles. The average Bonchev–Trinajstić information content (AvgIpc) is 3.95. The number of thioether (sulfide) groups is 1. The van der Waals surface area contributed by atoms with E-state index in [0.717, 1.165) is 107 Å². The number of benzene rings is 2. The van der Waals surface area contributed by atoms with Gasteiger partial charge < -0.3 is 19.7 Å². The molecular formula is C52H70N10O3S. The van der Waals surface area contributed by atoms with Crippen LogP contribution >= 0.6 is 11.8 Å². The van der Waals surface area contributed by atoms with Gasteiger partial charge in [-0.25, -0.2) is 10.9 Å². The van der Waals surface area contributed by atoms with Gasteiger partial charge in [0, 0.05) is 49.0 Å². The van der Waals surface area contributed by atoms with Crippen molar-refractivity contribution in [1.29, 1.82) is 5.26 Å². The van der Waals surface area contributed by atoms with Gasteiger partial charge in [0.2, 0.25) is 0 Å². The van der Waals surface area contributed by atoms with E-state index in [1.54, 1.807) is 0 Å². The molecule has 7 aliphatic rings. The van der Waals surface area contributed by atoms with Crippen molar-refractivity contribution in [3.8, 4) is 11.8 Å². The summed E-state index contributed by atoms with van der Waals surface area (Å²) in [5.41, 5.74) is 13.6. The van der Waals surface area contributed by atoms with E-state index >= 15 is 0 Å². The number of nitriles is 1. The molecule has 2 aliphatic carbocycles. The molecule has 13 nitrogen and oxygen atoms in total. The lowest BCUT2D eigenvalue weighted by atomic mass is 9.57. The first kappa shape index (κ1) is 45.7. The summed E-state index contributed by atoms with van der Waals surface area (Å²) in [6, 6.07) is 21.6. The molecule has 8 atom stereocenters. The summed E-state index contributed by atoms with van der Waals surface area (Å²) in [7, 11) is 0. The fraction of sp³-hybridized carbons (Fsp3) is 0.635. The Morgan fingerprint density at radius 2 is 1.88 bits per heavy atom. The van der Waals surface area contributed by atoms with Crippen LogP contribution in [0, 0.1) is 34.5 Å². The molecule has 14 heteroatoms. The number of piperidine rings is 1. The van der Waals surface area contributed by atoms with E-state index < -0.39 is 0 Å². The Kier molecular flexibility index (Phi) is 13.7. The number of nitrogens with one attached hydrogen (secondary N) is 4. The first-order valence-electron chi connectivity index (χ1n) is 25.2. The molecule has 5 aliphatic heterocycles. The third-order valence-corrected chi connectivity index (χ3v) is 17.3. The maximum atomic E-state index is 13.3. The highest BCUT2D eigenvalue weighted by Gasteiger charge is 2.51. The van der Waals surface area contributed by atoms with Gasteiger partial charge in [-0.2, -0.15) is 5.26 Å². The number of aryl methyl sites for hydroxylation is 1. The minimum Gasteiger partial charge on any atom is -0.490 e. The fourth-order valence-electron chi connectivity index (χ4n) is 12.7. The van der Waals surface area contributed by atoms with Crippen LogP contribution < -0.4 is 31.1 Å². The van der Waals surface area contributed by atoms with Gasteiger partial charge in [0.15, 0.2) is 11.5 Å². The van der Waals surface area contributed by atoms with Crippen molar-refractivity contribution in [2.45, 2.75) is 159 Å². The molecule has 0 radical (unpaired) electrons. The normalized spacial score (nSPS) is 34.4. The van der Waals surface area contributed by atoms with Gasteiger partial charge in [-0.15, -0.1) is 22.0 Å². The minimum atomic E-state index is -0.163. The van der Waals surface area contributed by atoms with Gasteiger partial charge in [-0.1, -0.05) is 51.5 Å². The molecule has 4 N–H and O–H groups in total. The van der Waals surface area contributed by atoms with Crippen LogP contribution in [0.3, 0.4) is 0 Å². The Morgan fingerprint density at radius 3 is 2.62 bits per heavy atom. The molecule has 0 bridgehead atoms. The number of hydrogen-bond acceptors (Lipinski definition) is 13. The van der Waals surface area contributed by atoms with E-state index in [-0.39, 0.29) is 42.7 Å². The highest BCUT2D eigenvalue weighted by Crippen LogP contribution is 2.53. The predicted molar refractivity (Wildman–Crippen MR) is 260 cm³/mol. The Hall–Kier alpha value is -4.10. The third-order valence-electron chi connectivity index (χ3n) is 15.8. The summed E-state index contributed by atoms with van der Waals surface area (Å²) in [4.78, 5) is 24.1. The van der Waals surface area contributed by atoms with Gasteiger partial charge in [0.05, 0.1) is 48.1 Å². The van der Waals surface area contributed by atoms with Crippen LogP contribution in [0.1, 0.15) is 131 Å². The van der Waals surface area contributed by atoms with Crippen molar-refractivity contribution in [3.63, 3.8) is 0 Å². The van der Waals surface area contributed by atoms with Crippen molar-refractivity contribution < 1.29 is 14.3 Å². The number of hydrazine groups is 1. The van der Waals surface area contributed by atoms with Gasteiger partial charge in [0.25, 0.3) is 5.91 Å². The highest BCUT2D eigenvalue weighted by atomic mass is 32.2. The van der Waals surface area contributed by atoms with Crippen molar-refractivity contribution in [2.24, 2.45) is 28.2 Å². The quantitative estimate of drug-likeness (QED) is 0.144. The number of nitrogens with zero attached hydrogens (tertiary/aromatic N) is 6. The zero-order valence-corrected chi connectivity index (χ0v) is 40.2. The number of ether oxygens (including phenoxy) is 2. The zero-order valence-electron chi connectivity index (χ0n) is 39.4. The number of rotatable bonds is 12. The highest BCUT2D eigenvalue weighted by molar-refractivity contribution is 8.00. The van der Waals surface area contributed by atoms with Crippen LogP contribution in [0.4, 0.5) is 5.82 Å². The van der Waals surface area contributed by atoms with E-state index in [0.29, 0.717) is 39.5 Å². The Labute approximate surface area is 396 Å². The molecule has 66 heavy (non-hydrogen) atoms. The number of aliphatic imine (C=N–C) groups is 1. The molecule has 2 aromatic carbocycles. The molecule has 1 aromatic heterocycles. The van der Waals surface area contributed by atoms with Gasteiger partial charge >= 0.3 is 0 Å². The average molecular weight is 915 g/mol. The Bertz CT molecular complexity index is 2230. The number of aromatic nitrogens is 2. The van der Waals surface area contributed by atoms with E-state index in [1.165, 1.54) is 42.5 Å². The second kappa shape index (κ2) is 19.9. The van der Waals surface area contributed by atoms with Crippen molar-refractivity contribution >= 4 is 29.2 Å². The smallest absolute Gasteiger partial charge is 0.272 e. The molecular weight excluding hydrogens is 845 g/mol. The van der Waals surface area contributed by atoms with Crippen LogP contribution in [0.25, 0.3) is 0 Å². The molecule has 352 valence electrons. The Balaban J connectivity index is 0.722. The molecule has 10 rings (SSSR count). The summed E-state index contributed by atoms with van der Waals surface area (Å²) in [5.74, 6) is 3.09. The minimum absolute atomic E-state index is 0.0333. The maximum absolute atomic E-state index is 13.3. The number of amides is 1. The topological polar surface area (TPSA) is 152 Å². The maximum Gasteiger partial charge on any atom is 0.272 e. The number of carbonyl (C=O) groups excluding carboxylic acids is 1. The lowest BCUT2D eigenvalue weighted by Crippen LogP contribution is -2.54. The largest absolute Gasteiger partial charge is 0.490 e. The monoisotopic (exact) mass is 915 g/mol. The molecule has 2 saturated carbocycles. The van der Waals surface area contributed by atoms with E-state index in [4.69, 9.17) is 14.5 Å². The van der Waals surface area contributed by atoms with Gasteiger partial charge in [-0.3, -0.25) is 20.0 Å². The van der Waals surface area contributed by atoms with Crippen LogP contribution in [-0.2, 0) is 17.6 Å². The van der Waals surface area contributed by atoms with Crippen LogP contribution in [-0.4, -0.2) is 100 Å². The summed E-state index contributed by atoms with van der Waals surface area (Å²) in [6.45, 7) is 12.9. The lowest BCUT2D eigenvalue weighted by Gasteiger charge is -2.53. The van der Waals surface area contributed by atoms with Crippen LogP contribution in [0.5, 0.6) is 5.75 Å². The second-order valence-corrected chi connectivity index (χ2v) is 22.3. The van der Waals surface area contributed by atoms with Crippen molar-refractivity contribution in [2.75, 3.05) is 31.1 Å². The second-order valence-electron chi connectivity index (χ2n) is 20.8. The van der Waals surface area contributed by atoms with Gasteiger partial charge in [0.1, 0.15) is 12.0 Å². The van der Waals surface area contributed by atoms with E-state index in [9.17, 15) is 10.1 Å². The van der Waals surface area contributed by atoms with Gasteiger partial charge in [-0.05, 0) is 142 Å². The zero-order chi connectivity index (χ0) is 45.4. The van der Waals surface area contributed by atoms with Crippen molar-refractivity contribution in [3.05, 3.63) is 82.5 Å². The predicted octanol–water partition coefficient (Wildman–Crippen LogP) is 7.35. The third kappa shape index (κ3) is 9.76. The molecule has 6 fully saturated rings. The molecule has 1 amide bonds. The fourth-order valence-corrected chi connectivity index (χ4v) is 14.6. The number of carbonyl (C=O) groups is 1. The summed E-state index contributed by atoms with van der Waals surface area (Å²) in [6.07, 6.45) is 13.8. The molecule has 4 saturated heterocycles. The van der Waals surface area contributed by atoms with Crippen LogP contribution in [0.15, 0.2) is 59.6 Å². The van der Waals surface area contributed by atoms with Crippen molar-refractivity contribution in [1.82, 2.24) is 36.6 Å². The summed E-state index contributed by atoms with van der Waals surface area (Å²) in [5, 5.41) is 26.2. The SMILES string of the molecule is CCCc1cc(OC2CCC(NC(=O)c3ccc(N4CCCC5(CC(Cc6ccc(C7=N[C@@H](CC8NCCO8)C8NNC(C)N8C8SC(C)CC(C)C78)cc6)C5)C4)nn3)CC2)ccc1C#N. The number of anilines is 1.